The molecule has 0 radical (unpaired) electrons. The minimum atomic E-state index is -0.762. The molecule has 7 nitrogen and oxygen atoms in total. The second kappa shape index (κ2) is 6.72. The van der Waals surface area contributed by atoms with Crippen LogP contribution < -0.4 is 5.32 Å². The van der Waals surface area contributed by atoms with Crippen molar-refractivity contribution in [3.8, 4) is 5.69 Å². The summed E-state index contributed by atoms with van der Waals surface area (Å²) in [4.78, 5) is 26.1. The highest BCUT2D eigenvalue weighted by atomic mass is 16.4. The van der Waals surface area contributed by atoms with Crippen molar-refractivity contribution in [2.24, 2.45) is 11.3 Å². The molecule has 4 rings (SSSR count). The van der Waals surface area contributed by atoms with Crippen molar-refractivity contribution in [1.29, 1.82) is 0 Å². The largest absolute Gasteiger partial charge is 0.481 e. The summed E-state index contributed by atoms with van der Waals surface area (Å²) >= 11 is 0. The van der Waals surface area contributed by atoms with Crippen molar-refractivity contribution in [2.75, 3.05) is 13.1 Å². The van der Waals surface area contributed by atoms with Crippen LogP contribution in [0.15, 0.2) is 42.7 Å². The van der Waals surface area contributed by atoms with Gasteiger partial charge in [-0.15, -0.1) is 0 Å². The molecule has 1 aromatic carbocycles. The quantitative estimate of drug-likeness (QED) is 0.869. The van der Waals surface area contributed by atoms with E-state index in [0.717, 1.165) is 24.1 Å². The van der Waals surface area contributed by atoms with E-state index in [-0.39, 0.29) is 18.0 Å². The van der Waals surface area contributed by atoms with Crippen LogP contribution >= 0.6 is 0 Å². The number of aliphatic carboxylic acids is 1. The number of hydrogen-bond donors (Lipinski definition) is 2. The van der Waals surface area contributed by atoms with Crippen molar-refractivity contribution in [1.82, 2.24) is 20.0 Å². The Kier molecular flexibility index (Phi) is 4.37. The maximum Gasteiger partial charge on any atom is 0.317 e. The zero-order valence-electron chi connectivity index (χ0n) is 15.3. The lowest BCUT2D eigenvalue weighted by atomic mass is 9.81. The molecule has 0 spiro atoms. The second-order valence-electron chi connectivity index (χ2n) is 7.64. The highest BCUT2D eigenvalue weighted by Crippen LogP contribution is 2.48. The standard InChI is InChI=1S/C20H24N4O3/c1-14(15-5-7-17(8-6-15)24-11-3-10-21-24)22-19(27)23-12-16-4-2-9-20(16,13-23)18(25)26/h3,5-8,10-11,14,16H,2,4,9,12-13H2,1H3,(H,22,27)(H,25,26)/t14?,16-,20+/m0/s1. The Bertz CT molecular complexity index is 833. The van der Waals surface area contributed by atoms with Gasteiger partial charge in [-0.05, 0) is 49.4 Å². The monoisotopic (exact) mass is 368 g/mol. The molecule has 1 saturated heterocycles. The Morgan fingerprint density at radius 2 is 2.11 bits per heavy atom. The van der Waals surface area contributed by atoms with E-state index in [2.05, 4.69) is 10.4 Å². The Morgan fingerprint density at radius 1 is 1.33 bits per heavy atom. The summed E-state index contributed by atoms with van der Waals surface area (Å²) in [5.74, 6) is -0.688. The average Bonchev–Trinajstić information content (AvgIpc) is 3.37. The zero-order chi connectivity index (χ0) is 19.0. The predicted molar refractivity (Wildman–Crippen MR) is 99.5 cm³/mol. The fourth-order valence-corrected chi connectivity index (χ4v) is 4.49. The highest BCUT2D eigenvalue weighted by Gasteiger charge is 2.55. The third-order valence-corrected chi connectivity index (χ3v) is 6.09. The fraction of sp³-hybridized carbons (Fsp3) is 0.450. The van der Waals surface area contributed by atoms with Crippen molar-refractivity contribution < 1.29 is 14.7 Å². The third-order valence-electron chi connectivity index (χ3n) is 6.09. The lowest BCUT2D eigenvalue weighted by Gasteiger charge is -2.24. The number of fused-ring (bicyclic) bond motifs is 1. The van der Waals surface area contributed by atoms with Crippen LogP contribution in [-0.4, -0.2) is 44.9 Å². The Labute approximate surface area is 158 Å². The number of aromatic nitrogens is 2. The van der Waals surface area contributed by atoms with Crippen LogP contribution in [0.5, 0.6) is 0 Å². The van der Waals surface area contributed by atoms with Gasteiger partial charge in [-0.25, -0.2) is 9.48 Å². The molecule has 2 aromatic rings. The van der Waals surface area contributed by atoms with Gasteiger partial charge in [0.2, 0.25) is 0 Å². The number of amides is 2. The van der Waals surface area contributed by atoms with Crippen LogP contribution in [0, 0.1) is 11.3 Å². The van der Waals surface area contributed by atoms with Gasteiger partial charge in [0.1, 0.15) is 0 Å². The van der Waals surface area contributed by atoms with Crippen molar-refractivity contribution in [3.05, 3.63) is 48.3 Å². The molecule has 2 amide bonds. The molecule has 1 saturated carbocycles. The number of carbonyl (C=O) groups excluding carboxylic acids is 1. The molecule has 1 aromatic heterocycles. The first-order valence-corrected chi connectivity index (χ1v) is 9.38. The number of urea groups is 1. The summed E-state index contributed by atoms with van der Waals surface area (Å²) in [7, 11) is 0. The minimum absolute atomic E-state index is 0.0735. The number of likely N-dealkylation sites (tertiary alicyclic amines) is 1. The van der Waals surface area contributed by atoms with Gasteiger partial charge in [0.15, 0.2) is 0 Å². The van der Waals surface area contributed by atoms with Crippen LogP contribution in [0.4, 0.5) is 4.79 Å². The van der Waals surface area contributed by atoms with E-state index >= 15 is 0 Å². The number of rotatable bonds is 4. The van der Waals surface area contributed by atoms with E-state index in [4.69, 9.17) is 0 Å². The fourth-order valence-electron chi connectivity index (χ4n) is 4.49. The summed E-state index contributed by atoms with van der Waals surface area (Å²) < 4.78 is 1.78. The van der Waals surface area contributed by atoms with E-state index in [1.54, 1.807) is 15.8 Å². The van der Waals surface area contributed by atoms with Crippen molar-refractivity contribution in [2.45, 2.75) is 32.2 Å². The second-order valence-corrected chi connectivity index (χ2v) is 7.64. The first-order valence-electron chi connectivity index (χ1n) is 9.38. The van der Waals surface area contributed by atoms with E-state index in [9.17, 15) is 14.7 Å². The van der Waals surface area contributed by atoms with E-state index in [1.807, 2.05) is 43.5 Å². The van der Waals surface area contributed by atoms with Gasteiger partial charge in [-0.2, -0.15) is 5.10 Å². The molecule has 7 heteroatoms. The molecular formula is C20H24N4O3. The maximum atomic E-state index is 12.7. The predicted octanol–water partition coefficient (Wildman–Crippen LogP) is 2.83. The summed E-state index contributed by atoms with van der Waals surface area (Å²) in [5, 5.41) is 16.9. The van der Waals surface area contributed by atoms with Gasteiger partial charge in [0.25, 0.3) is 0 Å². The van der Waals surface area contributed by atoms with Gasteiger partial charge >= 0.3 is 12.0 Å². The minimum Gasteiger partial charge on any atom is -0.481 e. The van der Waals surface area contributed by atoms with Crippen LogP contribution in [0.3, 0.4) is 0 Å². The van der Waals surface area contributed by atoms with Gasteiger partial charge in [-0.3, -0.25) is 4.79 Å². The van der Waals surface area contributed by atoms with Crippen molar-refractivity contribution >= 4 is 12.0 Å². The molecule has 142 valence electrons. The SMILES string of the molecule is CC(NC(=O)N1C[C@@H]2CCC[C@@]2(C(=O)O)C1)c1ccc(-n2cccn2)cc1. The molecule has 3 atom stereocenters. The summed E-state index contributed by atoms with van der Waals surface area (Å²) in [5.41, 5.74) is 1.20. The first-order chi connectivity index (χ1) is 13.0. The number of nitrogens with one attached hydrogen (secondary N) is 1. The third kappa shape index (κ3) is 3.07. The van der Waals surface area contributed by atoms with E-state index in [1.165, 1.54) is 0 Å². The maximum absolute atomic E-state index is 12.7. The van der Waals surface area contributed by atoms with Crippen LogP contribution in [0.2, 0.25) is 0 Å². The molecule has 1 aliphatic heterocycles. The van der Waals surface area contributed by atoms with Gasteiger partial charge in [0, 0.05) is 25.5 Å². The summed E-state index contributed by atoms with van der Waals surface area (Å²) in [6.07, 6.45) is 6.10. The smallest absolute Gasteiger partial charge is 0.317 e. The molecule has 2 aliphatic rings. The Morgan fingerprint density at radius 3 is 2.74 bits per heavy atom. The van der Waals surface area contributed by atoms with Crippen LogP contribution in [-0.2, 0) is 4.79 Å². The molecule has 2 fully saturated rings. The zero-order valence-corrected chi connectivity index (χ0v) is 15.3. The van der Waals surface area contributed by atoms with Gasteiger partial charge in [0.05, 0.1) is 17.1 Å². The molecular weight excluding hydrogens is 344 g/mol. The Hall–Kier alpha value is -2.83. The number of carbonyl (C=O) groups is 2. The lowest BCUT2D eigenvalue weighted by molar-refractivity contribution is -0.149. The summed E-state index contributed by atoms with van der Waals surface area (Å²) in [6, 6.07) is 9.39. The molecule has 2 heterocycles. The molecule has 1 unspecified atom stereocenters. The molecule has 2 N–H and O–H groups in total. The number of carboxylic acids is 1. The average molecular weight is 368 g/mol. The highest BCUT2D eigenvalue weighted by molar-refractivity contribution is 5.80. The molecule has 27 heavy (non-hydrogen) atoms. The number of hydrogen-bond acceptors (Lipinski definition) is 3. The first kappa shape index (κ1) is 17.6. The number of carboxylic acid groups (broad SMARTS) is 1. The van der Waals surface area contributed by atoms with Crippen LogP contribution in [0.1, 0.15) is 37.8 Å². The summed E-state index contributed by atoms with van der Waals surface area (Å²) in [6.45, 7) is 2.78. The number of benzene rings is 1. The van der Waals surface area contributed by atoms with Gasteiger partial charge < -0.3 is 15.3 Å². The molecule has 0 bridgehead atoms. The van der Waals surface area contributed by atoms with E-state index < -0.39 is 11.4 Å². The lowest BCUT2D eigenvalue weighted by Crippen LogP contribution is -2.42. The van der Waals surface area contributed by atoms with Crippen molar-refractivity contribution in [3.63, 3.8) is 0 Å². The molecule has 1 aliphatic carbocycles. The topological polar surface area (TPSA) is 87.5 Å². The van der Waals surface area contributed by atoms with E-state index in [0.29, 0.717) is 19.5 Å². The Balaban J connectivity index is 1.40. The van der Waals surface area contributed by atoms with Crippen LogP contribution in [0.25, 0.3) is 5.69 Å². The van der Waals surface area contributed by atoms with Gasteiger partial charge in [-0.1, -0.05) is 18.6 Å². The number of nitrogens with zero attached hydrogens (tertiary/aromatic N) is 3. The normalized spacial score (nSPS) is 25.2.